The lowest BCUT2D eigenvalue weighted by atomic mass is 9.74. The number of amides is 3. The van der Waals surface area contributed by atoms with E-state index in [4.69, 9.17) is 4.74 Å². The smallest absolute Gasteiger partial charge is 0.249 e. The van der Waals surface area contributed by atoms with Crippen molar-refractivity contribution >= 4 is 17.7 Å². The molecule has 0 radical (unpaired) electrons. The molecule has 0 bridgehead atoms. The predicted octanol–water partition coefficient (Wildman–Crippen LogP) is 2.13. The van der Waals surface area contributed by atoms with Crippen molar-refractivity contribution in [3.63, 3.8) is 0 Å². The van der Waals surface area contributed by atoms with Crippen LogP contribution in [-0.2, 0) is 19.1 Å². The number of aliphatic hydroxyl groups excluding tert-OH is 1. The second-order valence-corrected chi connectivity index (χ2v) is 10.7. The standard InChI is InChI=1S/C27H41N3O5/c1-5-11-19(3)29-17-10-13-27-21(24(33)30(16-7-8-18-31)22(27)25(29)34)20-23(32)28(14-6-2)15-9-12-26(20,4)35-27/h9-10,12-13,19-22,31H,5-8,11,14-18H2,1-4H3/t19?,20-,21-,22?,26+,27-/m0/s1. The number of carbonyl (C=O) groups is 3. The number of nitrogens with zero attached hydrogens (tertiary/aromatic N) is 3. The third kappa shape index (κ3) is 4.12. The first-order valence-corrected chi connectivity index (χ1v) is 13.3. The number of hydrogen-bond donors (Lipinski definition) is 1. The molecule has 6 atom stereocenters. The van der Waals surface area contributed by atoms with Gasteiger partial charge in [0.1, 0.15) is 11.6 Å². The summed E-state index contributed by atoms with van der Waals surface area (Å²) < 4.78 is 6.81. The Morgan fingerprint density at radius 3 is 2.43 bits per heavy atom. The number of rotatable bonds is 9. The second kappa shape index (κ2) is 10.1. The van der Waals surface area contributed by atoms with E-state index in [-0.39, 0.29) is 30.4 Å². The molecule has 0 aromatic heterocycles. The lowest BCUT2D eigenvalue weighted by molar-refractivity contribution is -0.153. The summed E-state index contributed by atoms with van der Waals surface area (Å²) in [5.41, 5.74) is -2.16. The molecule has 4 heterocycles. The van der Waals surface area contributed by atoms with E-state index in [0.717, 1.165) is 19.3 Å². The van der Waals surface area contributed by atoms with Gasteiger partial charge in [0.05, 0.1) is 17.4 Å². The summed E-state index contributed by atoms with van der Waals surface area (Å²) in [6, 6.07) is -0.786. The van der Waals surface area contributed by atoms with Crippen LogP contribution >= 0.6 is 0 Å². The molecule has 4 aliphatic rings. The van der Waals surface area contributed by atoms with Crippen molar-refractivity contribution in [2.45, 2.75) is 83.1 Å². The molecular weight excluding hydrogens is 446 g/mol. The van der Waals surface area contributed by atoms with Crippen molar-refractivity contribution in [1.29, 1.82) is 0 Å². The molecule has 4 rings (SSSR count). The Kier molecular flexibility index (Phi) is 7.44. The average molecular weight is 488 g/mol. The predicted molar refractivity (Wildman–Crippen MR) is 132 cm³/mol. The van der Waals surface area contributed by atoms with E-state index in [2.05, 4.69) is 6.92 Å². The minimum atomic E-state index is -1.19. The molecule has 4 aliphatic heterocycles. The van der Waals surface area contributed by atoms with Crippen molar-refractivity contribution in [3.8, 4) is 0 Å². The van der Waals surface area contributed by atoms with Gasteiger partial charge in [-0.2, -0.15) is 0 Å². The normalized spacial score (nSPS) is 35.2. The number of ether oxygens (including phenoxy) is 1. The number of unbranched alkanes of at least 4 members (excludes halogenated alkanes) is 1. The van der Waals surface area contributed by atoms with Gasteiger partial charge in [0.2, 0.25) is 17.7 Å². The van der Waals surface area contributed by atoms with E-state index in [1.165, 1.54) is 0 Å². The van der Waals surface area contributed by atoms with E-state index in [1.54, 1.807) is 4.90 Å². The molecule has 8 heteroatoms. The van der Waals surface area contributed by atoms with Crippen molar-refractivity contribution in [1.82, 2.24) is 14.7 Å². The molecule has 0 aromatic rings. The number of aliphatic hydroxyl groups is 1. The first-order chi connectivity index (χ1) is 16.8. The quantitative estimate of drug-likeness (QED) is 0.398. The number of hydrogen-bond acceptors (Lipinski definition) is 5. The summed E-state index contributed by atoms with van der Waals surface area (Å²) >= 11 is 0. The highest BCUT2D eigenvalue weighted by molar-refractivity contribution is 6.00. The van der Waals surface area contributed by atoms with Crippen LogP contribution < -0.4 is 0 Å². The Labute approximate surface area is 208 Å². The van der Waals surface area contributed by atoms with E-state index in [9.17, 15) is 19.5 Å². The van der Waals surface area contributed by atoms with Crippen LogP contribution in [0.1, 0.15) is 59.8 Å². The van der Waals surface area contributed by atoms with Gasteiger partial charge in [0.15, 0.2) is 0 Å². The minimum Gasteiger partial charge on any atom is -0.396 e. The first-order valence-electron chi connectivity index (χ1n) is 13.3. The van der Waals surface area contributed by atoms with E-state index in [1.807, 2.05) is 54.9 Å². The minimum absolute atomic E-state index is 0.0290. The number of carbonyl (C=O) groups excluding carboxylic acids is 3. The monoisotopic (exact) mass is 487 g/mol. The molecule has 8 nitrogen and oxygen atoms in total. The van der Waals surface area contributed by atoms with Crippen molar-refractivity contribution in [2.75, 3.05) is 32.8 Å². The Morgan fingerprint density at radius 1 is 1.00 bits per heavy atom. The maximum absolute atomic E-state index is 14.1. The lowest BCUT2D eigenvalue weighted by Gasteiger charge is -2.38. The molecule has 1 N–H and O–H groups in total. The van der Waals surface area contributed by atoms with Gasteiger partial charge in [-0.3, -0.25) is 14.4 Å². The fourth-order valence-electron chi connectivity index (χ4n) is 6.66. The van der Waals surface area contributed by atoms with Crippen molar-refractivity contribution < 1.29 is 24.2 Å². The van der Waals surface area contributed by atoms with Gasteiger partial charge >= 0.3 is 0 Å². The topological polar surface area (TPSA) is 90.4 Å². The summed E-state index contributed by atoms with van der Waals surface area (Å²) in [5.74, 6) is -1.83. The SMILES string of the molecule is CCCC(C)N1CC=C[C@]23O[C@]4(C)C=CCN(CCC)C(=O)[C@@H]4[C@H]2C(=O)N(CCCCO)C3C1=O. The highest BCUT2D eigenvalue weighted by Crippen LogP contribution is 2.57. The molecule has 194 valence electrons. The molecule has 35 heavy (non-hydrogen) atoms. The van der Waals surface area contributed by atoms with Crippen LogP contribution in [0.2, 0.25) is 0 Å². The maximum atomic E-state index is 14.1. The largest absolute Gasteiger partial charge is 0.396 e. The summed E-state index contributed by atoms with van der Waals surface area (Å²) in [6.45, 7) is 10.0. The fourth-order valence-corrected chi connectivity index (χ4v) is 6.66. The van der Waals surface area contributed by atoms with Gasteiger partial charge in [-0.15, -0.1) is 0 Å². The van der Waals surface area contributed by atoms with Crippen LogP contribution in [0, 0.1) is 11.8 Å². The molecule has 0 aliphatic carbocycles. The third-order valence-electron chi connectivity index (χ3n) is 8.21. The highest BCUT2D eigenvalue weighted by atomic mass is 16.5. The number of likely N-dealkylation sites (tertiary alicyclic amines) is 1. The molecule has 2 unspecified atom stereocenters. The van der Waals surface area contributed by atoms with Crippen LogP contribution in [0.5, 0.6) is 0 Å². The van der Waals surface area contributed by atoms with Gasteiger partial charge < -0.3 is 24.5 Å². The molecule has 2 saturated heterocycles. The first kappa shape index (κ1) is 25.9. The molecule has 3 amide bonds. The Morgan fingerprint density at radius 2 is 1.74 bits per heavy atom. The van der Waals surface area contributed by atoms with Crippen LogP contribution in [0.25, 0.3) is 0 Å². The van der Waals surface area contributed by atoms with Crippen LogP contribution in [-0.4, -0.2) is 93.6 Å². The number of fused-ring (bicyclic) bond motifs is 2. The van der Waals surface area contributed by atoms with E-state index in [0.29, 0.717) is 39.0 Å². The van der Waals surface area contributed by atoms with Crippen molar-refractivity contribution in [2.24, 2.45) is 11.8 Å². The molecule has 2 fully saturated rings. The van der Waals surface area contributed by atoms with E-state index < -0.39 is 29.1 Å². The summed E-state index contributed by atoms with van der Waals surface area (Å²) in [7, 11) is 0. The van der Waals surface area contributed by atoms with Gasteiger partial charge in [-0.05, 0) is 39.5 Å². The van der Waals surface area contributed by atoms with Gasteiger partial charge in [0, 0.05) is 38.8 Å². The summed E-state index contributed by atoms with van der Waals surface area (Å²) in [6.07, 6.45) is 11.5. The van der Waals surface area contributed by atoms with Crippen LogP contribution in [0.15, 0.2) is 24.3 Å². The Balaban J connectivity index is 1.80. The van der Waals surface area contributed by atoms with Gasteiger partial charge in [-0.1, -0.05) is 44.6 Å². The highest BCUT2D eigenvalue weighted by Gasteiger charge is 2.74. The molecule has 1 spiro atoms. The lowest BCUT2D eigenvalue weighted by Crippen LogP contribution is -2.57. The molecule has 0 saturated carbocycles. The fraction of sp³-hybridized carbons (Fsp3) is 0.741. The average Bonchev–Trinajstić information content (AvgIpc) is 3.08. The van der Waals surface area contributed by atoms with E-state index >= 15 is 0 Å². The second-order valence-electron chi connectivity index (χ2n) is 10.7. The summed E-state index contributed by atoms with van der Waals surface area (Å²) in [5, 5.41) is 9.33. The van der Waals surface area contributed by atoms with Crippen LogP contribution in [0.4, 0.5) is 0 Å². The molecular formula is C27H41N3O5. The Bertz CT molecular complexity index is 903. The molecule has 0 aromatic carbocycles. The maximum Gasteiger partial charge on any atom is 0.249 e. The zero-order valence-electron chi connectivity index (χ0n) is 21.6. The summed E-state index contributed by atoms with van der Waals surface area (Å²) in [4.78, 5) is 47.4. The van der Waals surface area contributed by atoms with Crippen molar-refractivity contribution in [3.05, 3.63) is 24.3 Å². The zero-order valence-corrected chi connectivity index (χ0v) is 21.6. The third-order valence-corrected chi connectivity index (χ3v) is 8.21. The van der Waals surface area contributed by atoms with Gasteiger partial charge in [0.25, 0.3) is 0 Å². The Hall–Kier alpha value is -2.19. The van der Waals surface area contributed by atoms with Crippen LogP contribution in [0.3, 0.4) is 0 Å². The zero-order chi connectivity index (χ0) is 25.4. The van der Waals surface area contributed by atoms with Gasteiger partial charge in [-0.25, -0.2) is 0 Å².